The molecule has 41 heavy (non-hydrogen) atoms. The highest BCUT2D eigenvalue weighted by atomic mass is 32.2. The van der Waals surface area contributed by atoms with Gasteiger partial charge in [-0.2, -0.15) is 5.10 Å². The van der Waals surface area contributed by atoms with Crippen LogP contribution in [0, 0.1) is 25.5 Å². The first-order chi connectivity index (χ1) is 19.4. The van der Waals surface area contributed by atoms with Crippen molar-refractivity contribution in [3.8, 4) is 5.69 Å². The van der Waals surface area contributed by atoms with Gasteiger partial charge in [-0.3, -0.25) is 14.5 Å². The third-order valence-electron chi connectivity index (χ3n) is 7.48. The molecule has 0 unspecified atom stereocenters. The molecule has 218 valence electrons. The van der Waals surface area contributed by atoms with Gasteiger partial charge in [-0.1, -0.05) is 44.5 Å². The number of rotatable bonds is 6. The van der Waals surface area contributed by atoms with E-state index in [0.717, 1.165) is 35.7 Å². The van der Waals surface area contributed by atoms with Crippen LogP contribution in [0.2, 0.25) is 0 Å². The van der Waals surface area contributed by atoms with Gasteiger partial charge in [-0.15, -0.1) is 11.8 Å². The van der Waals surface area contributed by atoms with Crippen molar-refractivity contribution in [2.75, 3.05) is 30.3 Å². The molecule has 2 amide bonds. The average molecular weight is 583 g/mol. The molecular weight excluding hydrogens is 546 g/mol. The number of anilines is 1. The van der Waals surface area contributed by atoms with Crippen molar-refractivity contribution >= 4 is 29.4 Å². The zero-order chi connectivity index (χ0) is 29.5. The van der Waals surface area contributed by atoms with E-state index in [-0.39, 0.29) is 35.8 Å². The van der Waals surface area contributed by atoms with Crippen LogP contribution < -0.4 is 10.2 Å². The maximum absolute atomic E-state index is 15.3. The SMILES string of the molecule is Cc1ccc(-n2nc(C(C)(C)C)c3c2N(CC(=O)NC[C@@H]2CCCO2)C(=O)CS[C@H]3c2ccc(F)cc2F)c(C)c1. The Labute approximate surface area is 243 Å². The van der Waals surface area contributed by atoms with E-state index in [4.69, 9.17) is 9.84 Å². The van der Waals surface area contributed by atoms with Crippen molar-refractivity contribution in [2.24, 2.45) is 0 Å². The molecule has 0 saturated carbocycles. The Morgan fingerprint density at radius 3 is 2.61 bits per heavy atom. The summed E-state index contributed by atoms with van der Waals surface area (Å²) in [4.78, 5) is 28.5. The summed E-state index contributed by atoms with van der Waals surface area (Å²) in [5.41, 5.74) is 3.85. The lowest BCUT2D eigenvalue weighted by atomic mass is 9.87. The van der Waals surface area contributed by atoms with Crippen LogP contribution in [-0.2, 0) is 19.7 Å². The second kappa shape index (κ2) is 11.6. The molecule has 5 rings (SSSR count). The molecule has 0 aliphatic carbocycles. The number of amides is 2. The minimum atomic E-state index is -0.692. The molecule has 1 fully saturated rings. The van der Waals surface area contributed by atoms with E-state index < -0.39 is 22.3 Å². The zero-order valence-corrected chi connectivity index (χ0v) is 24.9. The number of nitrogens with one attached hydrogen (secondary N) is 1. The number of hydrogen-bond acceptors (Lipinski definition) is 5. The Morgan fingerprint density at radius 1 is 1.17 bits per heavy atom. The Hall–Kier alpha value is -3.24. The monoisotopic (exact) mass is 582 g/mol. The normalized spacial score (nSPS) is 19.3. The molecule has 1 saturated heterocycles. The van der Waals surface area contributed by atoms with Crippen LogP contribution in [0.15, 0.2) is 36.4 Å². The summed E-state index contributed by atoms with van der Waals surface area (Å²) >= 11 is 1.26. The van der Waals surface area contributed by atoms with E-state index in [1.807, 2.05) is 52.8 Å². The molecule has 0 radical (unpaired) electrons. The zero-order valence-electron chi connectivity index (χ0n) is 24.1. The fourth-order valence-electron chi connectivity index (χ4n) is 5.48. The third-order valence-corrected chi connectivity index (χ3v) is 8.71. The van der Waals surface area contributed by atoms with Crippen LogP contribution in [-0.4, -0.2) is 53.1 Å². The number of fused-ring (bicyclic) bond motifs is 1. The maximum Gasteiger partial charge on any atom is 0.240 e. The fraction of sp³-hybridized carbons (Fsp3) is 0.452. The standard InChI is InChI=1S/C31H36F2N4O3S/c1-18-8-11-24(19(2)13-18)37-30-27(29(35-37)31(3,4)5)28(22-10-9-20(32)14-23(22)33)41-17-26(39)36(30)16-25(38)34-15-21-7-6-12-40-21/h8-11,13-14,21,28H,6-7,12,15-17H2,1-5H3,(H,34,38)/t21-,28-/m0/s1. The number of carbonyl (C=O) groups is 2. The largest absolute Gasteiger partial charge is 0.376 e. The van der Waals surface area contributed by atoms with E-state index >= 15 is 4.39 Å². The fourth-order valence-corrected chi connectivity index (χ4v) is 6.70. The summed E-state index contributed by atoms with van der Waals surface area (Å²) in [5, 5.41) is 7.32. The lowest BCUT2D eigenvalue weighted by Gasteiger charge is -2.25. The highest BCUT2D eigenvalue weighted by Gasteiger charge is 2.41. The van der Waals surface area contributed by atoms with E-state index in [1.165, 1.54) is 28.8 Å². The second-order valence-electron chi connectivity index (χ2n) is 11.8. The highest BCUT2D eigenvalue weighted by molar-refractivity contribution is 8.00. The lowest BCUT2D eigenvalue weighted by Crippen LogP contribution is -2.44. The minimum Gasteiger partial charge on any atom is -0.376 e. The number of halogens is 2. The van der Waals surface area contributed by atoms with Crippen molar-refractivity contribution in [1.29, 1.82) is 0 Å². The highest BCUT2D eigenvalue weighted by Crippen LogP contribution is 2.49. The smallest absolute Gasteiger partial charge is 0.240 e. The molecule has 7 nitrogen and oxygen atoms in total. The van der Waals surface area contributed by atoms with Crippen molar-refractivity contribution in [2.45, 2.75) is 64.2 Å². The van der Waals surface area contributed by atoms with Gasteiger partial charge in [0.1, 0.15) is 24.0 Å². The van der Waals surface area contributed by atoms with Gasteiger partial charge in [0, 0.05) is 35.8 Å². The predicted octanol–water partition coefficient (Wildman–Crippen LogP) is 5.53. The van der Waals surface area contributed by atoms with E-state index in [1.54, 1.807) is 4.68 Å². The molecule has 0 spiro atoms. The summed E-state index contributed by atoms with van der Waals surface area (Å²) in [5.74, 6) is -1.54. The Morgan fingerprint density at radius 2 is 1.95 bits per heavy atom. The van der Waals surface area contributed by atoms with E-state index in [2.05, 4.69) is 5.32 Å². The number of aryl methyl sites for hydroxylation is 2. The van der Waals surface area contributed by atoms with Crippen molar-refractivity contribution in [3.63, 3.8) is 0 Å². The summed E-state index contributed by atoms with van der Waals surface area (Å²) in [6.45, 7) is 10.8. The van der Waals surface area contributed by atoms with E-state index in [9.17, 15) is 14.0 Å². The quantitative estimate of drug-likeness (QED) is 0.414. The number of hydrogen-bond donors (Lipinski definition) is 1. The summed E-state index contributed by atoms with van der Waals surface area (Å²) < 4.78 is 36.6. The molecular formula is C31H36F2N4O3S. The summed E-state index contributed by atoms with van der Waals surface area (Å²) in [6.07, 6.45) is 1.80. The molecule has 1 N–H and O–H groups in total. The van der Waals surface area contributed by atoms with Gasteiger partial charge >= 0.3 is 0 Å². The Bertz CT molecular complexity index is 1480. The van der Waals surface area contributed by atoms with Crippen LogP contribution in [0.1, 0.15) is 66.8 Å². The van der Waals surface area contributed by atoms with Gasteiger partial charge in [-0.25, -0.2) is 13.5 Å². The predicted molar refractivity (Wildman–Crippen MR) is 157 cm³/mol. The van der Waals surface area contributed by atoms with Gasteiger partial charge in [0.15, 0.2) is 0 Å². The molecule has 2 aromatic carbocycles. The number of nitrogens with zero attached hydrogens (tertiary/aromatic N) is 3. The van der Waals surface area contributed by atoms with Crippen LogP contribution in [0.4, 0.5) is 14.6 Å². The first-order valence-electron chi connectivity index (χ1n) is 13.9. The van der Waals surface area contributed by atoms with Gasteiger partial charge in [-0.05, 0) is 44.4 Å². The summed E-state index contributed by atoms with van der Waals surface area (Å²) in [7, 11) is 0. The molecule has 3 heterocycles. The molecule has 2 atom stereocenters. The number of benzene rings is 2. The third kappa shape index (κ3) is 6.04. The Kier molecular flexibility index (Phi) is 8.25. The number of carbonyl (C=O) groups excluding carboxylic acids is 2. The van der Waals surface area contributed by atoms with Crippen molar-refractivity contribution in [1.82, 2.24) is 15.1 Å². The number of thioether (sulfide) groups is 1. The topological polar surface area (TPSA) is 76.5 Å². The minimum absolute atomic E-state index is 0.00560. The van der Waals surface area contributed by atoms with Crippen LogP contribution in [0.25, 0.3) is 5.69 Å². The first-order valence-corrected chi connectivity index (χ1v) is 14.9. The van der Waals surface area contributed by atoms with Gasteiger partial charge < -0.3 is 10.1 Å². The molecule has 2 aliphatic rings. The molecule has 1 aromatic heterocycles. The molecule has 2 aliphatic heterocycles. The number of aromatic nitrogens is 2. The van der Waals surface area contributed by atoms with Crippen LogP contribution >= 0.6 is 11.8 Å². The van der Waals surface area contributed by atoms with Crippen molar-refractivity contribution in [3.05, 3.63) is 76.0 Å². The maximum atomic E-state index is 15.3. The van der Waals surface area contributed by atoms with Crippen LogP contribution in [0.5, 0.6) is 0 Å². The molecule has 0 bridgehead atoms. The van der Waals surface area contributed by atoms with E-state index in [0.29, 0.717) is 30.2 Å². The van der Waals surface area contributed by atoms with Gasteiger partial charge in [0.25, 0.3) is 0 Å². The lowest BCUT2D eigenvalue weighted by molar-refractivity contribution is -0.123. The van der Waals surface area contributed by atoms with Crippen molar-refractivity contribution < 1.29 is 23.1 Å². The second-order valence-corrected chi connectivity index (χ2v) is 12.9. The molecule has 10 heteroatoms. The van der Waals surface area contributed by atoms with Crippen LogP contribution in [0.3, 0.4) is 0 Å². The van der Waals surface area contributed by atoms with Gasteiger partial charge in [0.05, 0.1) is 28.5 Å². The Balaban J connectivity index is 1.69. The molecule has 3 aromatic rings. The summed E-state index contributed by atoms with van der Waals surface area (Å²) in [6, 6.07) is 9.47. The average Bonchev–Trinajstić information content (AvgIpc) is 3.53. The number of ether oxygens (including phenoxy) is 1. The van der Waals surface area contributed by atoms with Gasteiger partial charge in [0.2, 0.25) is 11.8 Å². The first kappa shape index (κ1) is 29.3.